The molecule has 5 nitrogen and oxygen atoms in total. The number of carboxylic acid groups (broad SMARTS) is 1. The monoisotopic (exact) mass is 477 g/mol. The first-order chi connectivity index (χ1) is 15.2. The molecular weight excluding hydrogens is 456 g/mol. The summed E-state index contributed by atoms with van der Waals surface area (Å²) in [6, 6.07) is 7.00. The van der Waals surface area contributed by atoms with Crippen molar-refractivity contribution in [1.82, 2.24) is 4.57 Å². The molecule has 2 N–H and O–H groups in total. The van der Waals surface area contributed by atoms with Crippen molar-refractivity contribution in [3.63, 3.8) is 0 Å². The Balaban J connectivity index is 1.94. The van der Waals surface area contributed by atoms with Crippen molar-refractivity contribution in [2.45, 2.75) is 44.9 Å². The quantitative estimate of drug-likeness (QED) is 0.437. The zero-order valence-corrected chi connectivity index (χ0v) is 18.9. The van der Waals surface area contributed by atoms with Crippen LogP contribution < -0.4 is 0 Å². The van der Waals surface area contributed by atoms with Gasteiger partial charge in [0.05, 0.1) is 21.5 Å². The van der Waals surface area contributed by atoms with E-state index in [1.807, 2.05) is 0 Å². The molecule has 2 aromatic carbocycles. The van der Waals surface area contributed by atoms with Gasteiger partial charge in [0.2, 0.25) is 0 Å². The number of aromatic nitrogens is 1. The molecule has 1 atom stereocenters. The van der Waals surface area contributed by atoms with E-state index in [1.165, 1.54) is 28.8 Å². The average Bonchev–Trinajstić information content (AvgIpc) is 3.36. The Morgan fingerprint density at radius 1 is 1.16 bits per heavy atom. The number of benzene rings is 2. The SMILES string of the molecule is Cc1c(C(CC2CCCC2)C(=O)O)c2c(F)c(O)ccc2n1C(=O)c1ccc(Cl)c(Cl)c1. The smallest absolute Gasteiger partial charge is 0.311 e. The van der Waals surface area contributed by atoms with Gasteiger partial charge in [-0.15, -0.1) is 0 Å². The highest BCUT2D eigenvalue weighted by Gasteiger charge is 2.34. The number of aliphatic carboxylic acids is 1. The van der Waals surface area contributed by atoms with Crippen molar-refractivity contribution in [1.29, 1.82) is 0 Å². The fourth-order valence-electron chi connectivity index (χ4n) is 4.85. The van der Waals surface area contributed by atoms with E-state index in [1.54, 1.807) is 6.92 Å². The highest BCUT2D eigenvalue weighted by Crippen LogP contribution is 2.42. The van der Waals surface area contributed by atoms with Crippen molar-refractivity contribution < 1.29 is 24.2 Å². The maximum Gasteiger partial charge on any atom is 0.311 e. The molecule has 0 amide bonds. The first-order valence-electron chi connectivity index (χ1n) is 10.5. The molecule has 0 spiro atoms. The third-order valence-corrected chi connectivity index (χ3v) is 7.13. The summed E-state index contributed by atoms with van der Waals surface area (Å²) in [4.78, 5) is 25.7. The molecule has 1 aliphatic carbocycles. The fourth-order valence-corrected chi connectivity index (χ4v) is 5.15. The van der Waals surface area contributed by atoms with Crippen LogP contribution in [0.1, 0.15) is 59.6 Å². The van der Waals surface area contributed by atoms with Gasteiger partial charge in [0.15, 0.2) is 11.6 Å². The predicted octanol–water partition coefficient (Wildman–Crippen LogP) is 6.54. The van der Waals surface area contributed by atoms with Gasteiger partial charge in [0.25, 0.3) is 5.91 Å². The Bertz CT molecular complexity index is 1230. The van der Waals surface area contributed by atoms with Gasteiger partial charge >= 0.3 is 5.97 Å². The second-order valence-corrected chi connectivity index (χ2v) is 9.15. The zero-order chi connectivity index (χ0) is 23.2. The van der Waals surface area contributed by atoms with Gasteiger partial charge in [-0.25, -0.2) is 4.39 Å². The number of carbonyl (C=O) groups excluding carboxylic acids is 1. The van der Waals surface area contributed by atoms with Crippen LogP contribution in [0.25, 0.3) is 10.9 Å². The lowest BCUT2D eigenvalue weighted by atomic mass is 9.86. The number of fused-ring (bicyclic) bond motifs is 1. The van der Waals surface area contributed by atoms with E-state index in [4.69, 9.17) is 23.2 Å². The topological polar surface area (TPSA) is 79.5 Å². The van der Waals surface area contributed by atoms with Crippen molar-refractivity contribution in [2.24, 2.45) is 5.92 Å². The number of rotatable bonds is 5. The molecule has 0 saturated heterocycles. The van der Waals surface area contributed by atoms with Gasteiger partial charge in [-0.05, 0) is 55.2 Å². The van der Waals surface area contributed by atoms with Gasteiger partial charge in [0, 0.05) is 16.6 Å². The van der Waals surface area contributed by atoms with Crippen LogP contribution in [-0.4, -0.2) is 26.7 Å². The van der Waals surface area contributed by atoms with Crippen molar-refractivity contribution >= 4 is 46.0 Å². The highest BCUT2D eigenvalue weighted by molar-refractivity contribution is 6.42. The molecule has 1 aliphatic rings. The van der Waals surface area contributed by atoms with Crippen molar-refractivity contribution in [3.8, 4) is 5.75 Å². The number of hydrogen-bond donors (Lipinski definition) is 2. The van der Waals surface area contributed by atoms with Crippen LogP contribution in [0.5, 0.6) is 5.75 Å². The molecule has 1 unspecified atom stereocenters. The van der Waals surface area contributed by atoms with Crippen LogP contribution in [0.2, 0.25) is 10.0 Å². The van der Waals surface area contributed by atoms with Crippen LogP contribution >= 0.6 is 23.2 Å². The lowest BCUT2D eigenvalue weighted by Crippen LogP contribution is -2.18. The molecule has 1 saturated carbocycles. The number of nitrogens with zero attached hydrogens (tertiary/aromatic N) is 1. The first-order valence-corrected chi connectivity index (χ1v) is 11.2. The zero-order valence-electron chi connectivity index (χ0n) is 17.4. The Kier molecular flexibility index (Phi) is 6.19. The predicted molar refractivity (Wildman–Crippen MR) is 121 cm³/mol. The fraction of sp³-hybridized carbons (Fsp3) is 0.333. The third kappa shape index (κ3) is 3.86. The van der Waals surface area contributed by atoms with E-state index < -0.39 is 29.4 Å². The largest absolute Gasteiger partial charge is 0.505 e. The Morgan fingerprint density at radius 2 is 1.84 bits per heavy atom. The summed E-state index contributed by atoms with van der Waals surface area (Å²) in [5.74, 6) is -3.88. The summed E-state index contributed by atoms with van der Waals surface area (Å²) in [5.41, 5.74) is 0.968. The average molecular weight is 478 g/mol. The molecule has 1 heterocycles. The molecule has 0 aliphatic heterocycles. The molecule has 168 valence electrons. The number of carbonyl (C=O) groups is 2. The summed E-state index contributed by atoms with van der Waals surface area (Å²) >= 11 is 12.0. The summed E-state index contributed by atoms with van der Waals surface area (Å²) in [6.07, 6.45) is 4.30. The maximum atomic E-state index is 15.2. The molecule has 1 fully saturated rings. The van der Waals surface area contributed by atoms with Crippen LogP contribution in [0.4, 0.5) is 4.39 Å². The van der Waals surface area contributed by atoms with E-state index >= 15 is 4.39 Å². The highest BCUT2D eigenvalue weighted by atomic mass is 35.5. The molecule has 0 radical (unpaired) electrons. The third-order valence-electron chi connectivity index (χ3n) is 6.40. The second-order valence-electron chi connectivity index (χ2n) is 8.34. The van der Waals surface area contributed by atoms with E-state index in [9.17, 15) is 19.8 Å². The second kappa shape index (κ2) is 8.75. The summed E-state index contributed by atoms with van der Waals surface area (Å²) in [5, 5.41) is 20.5. The van der Waals surface area contributed by atoms with Crippen LogP contribution in [-0.2, 0) is 4.79 Å². The van der Waals surface area contributed by atoms with Gasteiger partial charge in [0.1, 0.15) is 0 Å². The molecule has 32 heavy (non-hydrogen) atoms. The Morgan fingerprint density at radius 3 is 2.47 bits per heavy atom. The lowest BCUT2D eigenvalue weighted by molar-refractivity contribution is -0.139. The van der Waals surface area contributed by atoms with Crippen molar-refractivity contribution in [2.75, 3.05) is 0 Å². The van der Waals surface area contributed by atoms with Gasteiger partial charge in [-0.2, -0.15) is 0 Å². The maximum absolute atomic E-state index is 15.2. The minimum Gasteiger partial charge on any atom is -0.505 e. The van der Waals surface area contributed by atoms with Crippen LogP contribution in [0.15, 0.2) is 30.3 Å². The molecule has 4 rings (SSSR count). The van der Waals surface area contributed by atoms with Crippen molar-refractivity contribution in [3.05, 3.63) is 63.0 Å². The summed E-state index contributed by atoms with van der Waals surface area (Å²) < 4.78 is 16.5. The van der Waals surface area contributed by atoms with E-state index in [-0.39, 0.29) is 38.0 Å². The lowest BCUT2D eigenvalue weighted by Gasteiger charge is -2.18. The minimum absolute atomic E-state index is 0.0405. The van der Waals surface area contributed by atoms with Gasteiger partial charge < -0.3 is 10.2 Å². The standard InChI is InChI=1S/C24H22Cl2FNO4/c1-12-20(15(24(31)32)10-13-4-2-3-5-13)21-18(8-9-19(29)22(21)27)28(12)23(30)14-6-7-16(25)17(26)11-14/h6-9,11,13,15,29H,2-5,10H2,1H3,(H,31,32). The van der Waals surface area contributed by atoms with Crippen LogP contribution in [0.3, 0.4) is 0 Å². The Labute approximate surface area is 194 Å². The first kappa shape index (κ1) is 22.6. The molecule has 0 bridgehead atoms. The van der Waals surface area contributed by atoms with E-state index in [0.717, 1.165) is 31.7 Å². The molecular formula is C24H22Cl2FNO4. The minimum atomic E-state index is -1.08. The summed E-state index contributed by atoms with van der Waals surface area (Å²) in [6.45, 7) is 1.60. The van der Waals surface area contributed by atoms with Crippen LogP contribution in [0, 0.1) is 18.7 Å². The number of halogens is 3. The number of phenols is 1. The molecule has 3 aromatic rings. The molecule has 8 heteroatoms. The number of carboxylic acids is 1. The number of hydrogen-bond acceptors (Lipinski definition) is 3. The van der Waals surface area contributed by atoms with E-state index in [2.05, 4.69) is 0 Å². The van der Waals surface area contributed by atoms with Gasteiger partial charge in [-0.1, -0.05) is 48.9 Å². The number of phenolic OH excluding ortho intramolecular Hbond substituents is 1. The van der Waals surface area contributed by atoms with Gasteiger partial charge in [-0.3, -0.25) is 14.2 Å². The van der Waals surface area contributed by atoms with E-state index in [0.29, 0.717) is 12.1 Å². The summed E-state index contributed by atoms with van der Waals surface area (Å²) in [7, 11) is 0. The Hall–Kier alpha value is -2.57. The number of aromatic hydroxyl groups is 1. The normalized spacial score (nSPS) is 15.4. The molecule has 1 aromatic heterocycles.